The van der Waals surface area contributed by atoms with E-state index in [0.717, 1.165) is 6.07 Å². The van der Waals surface area contributed by atoms with Gasteiger partial charge in [0.05, 0.1) is 13.5 Å². The van der Waals surface area contributed by atoms with Gasteiger partial charge in [-0.1, -0.05) is 12.1 Å². The van der Waals surface area contributed by atoms with Crippen molar-refractivity contribution in [1.82, 2.24) is 5.32 Å². The lowest BCUT2D eigenvalue weighted by atomic mass is 10.2. The van der Waals surface area contributed by atoms with Crippen LogP contribution in [-0.4, -0.2) is 19.6 Å². The predicted octanol–water partition coefficient (Wildman–Crippen LogP) is 2.04. The zero-order valence-electron chi connectivity index (χ0n) is 9.33. The zero-order valence-corrected chi connectivity index (χ0v) is 10.2. The molecule has 0 heterocycles. The van der Waals surface area contributed by atoms with Crippen molar-refractivity contribution in [2.75, 3.05) is 13.7 Å². The number of esters is 1. The van der Waals surface area contributed by atoms with Crippen molar-refractivity contribution in [1.29, 1.82) is 0 Å². The highest BCUT2D eigenvalue weighted by molar-refractivity contribution is 5.85. The van der Waals surface area contributed by atoms with E-state index in [1.54, 1.807) is 0 Å². The standard InChI is InChI=1S/C11H13F2NO2.ClH/c1-16-10(15)5-6-14-7-8-3-2-4-9(12)11(8)13;/h2-4,14H,5-7H2,1H3;1H. The molecular formula is C11H14ClF2NO2. The van der Waals surface area contributed by atoms with Crippen LogP contribution in [0.25, 0.3) is 0 Å². The third kappa shape index (κ3) is 5.10. The lowest BCUT2D eigenvalue weighted by Crippen LogP contribution is -2.19. The summed E-state index contributed by atoms with van der Waals surface area (Å²) in [7, 11) is 1.30. The summed E-state index contributed by atoms with van der Waals surface area (Å²) in [6, 6.07) is 3.99. The fourth-order valence-corrected chi connectivity index (χ4v) is 1.20. The molecule has 0 saturated heterocycles. The fourth-order valence-electron chi connectivity index (χ4n) is 1.20. The van der Waals surface area contributed by atoms with Gasteiger partial charge < -0.3 is 10.1 Å². The Balaban J connectivity index is 0.00000256. The Hall–Kier alpha value is -1.20. The van der Waals surface area contributed by atoms with Gasteiger partial charge in [-0.25, -0.2) is 8.78 Å². The first-order chi connectivity index (χ1) is 7.65. The molecule has 1 aromatic carbocycles. The number of nitrogens with one attached hydrogen (secondary N) is 1. The summed E-state index contributed by atoms with van der Waals surface area (Å²) in [5.41, 5.74) is 0.241. The number of rotatable bonds is 5. The number of halogens is 3. The number of hydrogen-bond donors (Lipinski definition) is 1. The molecule has 0 amide bonds. The normalized spacial score (nSPS) is 9.59. The molecule has 0 aliphatic carbocycles. The van der Waals surface area contributed by atoms with E-state index in [2.05, 4.69) is 10.1 Å². The van der Waals surface area contributed by atoms with Gasteiger partial charge in [-0.3, -0.25) is 4.79 Å². The molecule has 0 atom stereocenters. The SMILES string of the molecule is COC(=O)CCNCc1cccc(F)c1F.Cl. The van der Waals surface area contributed by atoms with Crippen LogP contribution in [0.5, 0.6) is 0 Å². The first-order valence-corrected chi connectivity index (χ1v) is 4.85. The van der Waals surface area contributed by atoms with Crippen molar-refractivity contribution >= 4 is 18.4 Å². The Morgan fingerprint density at radius 3 is 2.76 bits per heavy atom. The second-order valence-electron chi connectivity index (χ2n) is 3.22. The highest BCUT2D eigenvalue weighted by Gasteiger charge is 2.07. The van der Waals surface area contributed by atoms with Crippen LogP contribution in [0, 0.1) is 11.6 Å². The predicted molar refractivity (Wildman–Crippen MR) is 61.9 cm³/mol. The second-order valence-corrected chi connectivity index (χ2v) is 3.22. The first kappa shape index (κ1) is 15.8. The average Bonchev–Trinajstić information content (AvgIpc) is 2.29. The Labute approximate surface area is 105 Å². The van der Waals surface area contributed by atoms with E-state index in [1.807, 2.05) is 0 Å². The van der Waals surface area contributed by atoms with Crippen molar-refractivity contribution in [2.24, 2.45) is 0 Å². The van der Waals surface area contributed by atoms with Crippen LogP contribution in [-0.2, 0) is 16.1 Å². The monoisotopic (exact) mass is 265 g/mol. The minimum atomic E-state index is -0.868. The lowest BCUT2D eigenvalue weighted by molar-refractivity contribution is -0.140. The maximum Gasteiger partial charge on any atom is 0.306 e. The number of methoxy groups -OCH3 is 1. The van der Waals surface area contributed by atoms with Gasteiger partial charge in [-0.15, -0.1) is 12.4 Å². The number of carbonyl (C=O) groups excluding carboxylic acids is 1. The van der Waals surface area contributed by atoms with Gasteiger partial charge in [0.25, 0.3) is 0 Å². The van der Waals surface area contributed by atoms with Gasteiger partial charge in [0.1, 0.15) is 0 Å². The van der Waals surface area contributed by atoms with Gasteiger partial charge in [-0.2, -0.15) is 0 Å². The van der Waals surface area contributed by atoms with E-state index in [0.29, 0.717) is 6.54 Å². The van der Waals surface area contributed by atoms with Crippen LogP contribution in [0.15, 0.2) is 18.2 Å². The number of ether oxygens (including phenoxy) is 1. The van der Waals surface area contributed by atoms with Crippen molar-refractivity contribution in [3.63, 3.8) is 0 Å². The van der Waals surface area contributed by atoms with Crippen LogP contribution in [0.1, 0.15) is 12.0 Å². The zero-order chi connectivity index (χ0) is 12.0. The van der Waals surface area contributed by atoms with E-state index in [9.17, 15) is 13.6 Å². The summed E-state index contributed by atoms with van der Waals surface area (Å²) < 4.78 is 30.4. The smallest absolute Gasteiger partial charge is 0.306 e. The molecule has 17 heavy (non-hydrogen) atoms. The van der Waals surface area contributed by atoms with Gasteiger partial charge in [-0.05, 0) is 6.07 Å². The molecule has 0 spiro atoms. The summed E-state index contributed by atoms with van der Waals surface area (Å²) in [6.07, 6.45) is 0.202. The van der Waals surface area contributed by atoms with Crippen molar-refractivity contribution < 1.29 is 18.3 Å². The summed E-state index contributed by atoms with van der Waals surface area (Å²) in [6.45, 7) is 0.545. The van der Waals surface area contributed by atoms with Gasteiger partial charge >= 0.3 is 5.97 Å². The maximum atomic E-state index is 13.1. The molecule has 1 aromatic rings. The molecule has 6 heteroatoms. The quantitative estimate of drug-likeness (QED) is 0.654. The molecule has 0 radical (unpaired) electrons. The van der Waals surface area contributed by atoms with E-state index in [1.165, 1.54) is 19.2 Å². The minimum Gasteiger partial charge on any atom is -0.469 e. The van der Waals surface area contributed by atoms with Crippen LogP contribution in [0.3, 0.4) is 0 Å². The molecule has 96 valence electrons. The molecule has 1 rings (SSSR count). The molecule has 1 N–H and O–H groups in total. The molecule has 0 unspecified atom stereocenters. The Morgan fingerprint density at radius 1 is 1.41 bits per heavy atom. The number of carbonyl (C=O) groups is 1. The summed E-state index contributed by atoms with van der Waals surface area (Å²) in [5.74, 6) is -2.06. The van der Waals surface area contributed by atoms with E-state index >= 15 is 0 Å². The summed E-state index contributed by atoms with van der Waals surface area (Å²) in [5, 5.41) is 2.83. The number of hydrogen-bond acceptors (Lipinski definition) is 3. The average molecular weight is 266 g/mol. The molecule has 0 saturated carbocycles. The maximum absolute atomic E-state index is 13.1. The molecule has 0 fully saturated rings. The van der Waals surface area contributed by atoms with E-state index in [-0.39, 0.29) is 36.9 Å². The van der Waals surface area contributed by atoms with E-state index < -0.39 is 11.6 Å². The Bertz CT molecular complexity index is 374. The van der Waals surface area contributed by atoms with Crippen molar-refractivity contribution in [2.45, 2.75) is 13.0 Å². The van der Waals surface area contributed by atoms with Gasteiger partial charge in [0.2, 0.25) is 0 Å². The lowest BCUT2D eigenvalue weighted by Gasteiger charge is -2.05. The highest BCUT2D eigenvalue weighted by Crippen LogP contribution is 2.10. The molecule has 0 bridgehead atoms. The topological polar surface area (TPSA) is 38.3 Å². The Kier molecular flexibility index (Phi) is 7.41. The fraction of sp³-hybridized carbons (Fsp3) is 0.364. The number of benzene rings is 1. The van der Waals surface area contributed by atoms with Crippen LogP contribution >= 0.6 is 12.4 Å². The largest absolute Gasteiger partial charge is 0.469 e. The molecule has 0 aromatic heterocycles. The molecule has 3 nitrogen and oxygen atoms in total. The van der Waals surface area contributed by atoms with Crippen molar-refractivity contribution in [3.05, 3.63) is 35.4 Å². The summed E-state index contributed by atoms with van der Waals surface area (Å²) >= 11 is 0. The molecule has 0 aliphatic heterocycles. The second kappa shape index (κ2) is 7.97. The molecule has 0 aliphatic rings. The van der Waals surface area contributed by atoms with Gasteiger partial charge in [0, 0.05) is 18.7 Å². The van der Waals surface area contributed by atoms with E-state index in [4.69, 9.17) is 0 Å². The van der Waals surface area contributed by atoms with Crippen LogP contribution < -0.4 is 5.32 Å². The van der Waals surface area contributed by atoms with Crippen LogP contribution in [0.2, 0.25) is 0 Å². The third-order valence-corrected chi connectivity index (χ3v) is 2.08. The van der Waals surface area contributed by atoms with Gasteiger partial charge in [0.15, 0.2) is 11.6 Å². The summed E-state index contributed by atoms with van der Waals surface area (Å²) in [4.78, 5) is 10.7. The molecular weight excluding hydrogens is 252 g/mol. The first-order valence-electron chi connectivity index (χ1n) is 4.85. The van der Waals surface area contributed by atoms with Crippen molar-refractivity contribution in [3.8, 4) is 0 Å². The third-order valence-electron chi connectivity index (χ3n) is 2.08. The minimum absolute atomic E-state index is 0. The van der Waals surface area contributed by atoms with Crippen LogP contribution in [0.4, 0.5) is 8.78 Å². The Morgan fingerprint density at radius 2 is 2.12 bits per heavy atom. The highest BCUT2D eigenvalue weighted by atomic mass is 35.5.